The molecule has 3 aromatic rings. The lowest BCUT2D eigenvalue weighted by atomic mass is 10.3. The highest BCUT2D eigenvalue weighted by Gasteiger charge is 2.02. The topological polar surface area (TPSA) is 230 Å². The normalized spacial score (nSPS) is 9.82. The van der Waals surface area contributed by atoms with Crippen LogP contribution in [0.1, 0.15) is 22.8 Å². The van der Waals surface area contributed by atoms with Crippen molar-refractivity contribution in [2.45, 2.75) is 0 Å². The second-order valence-electron chi connectivity index (χ2n) is 8.33. The van der Waals surface area contributed by atoms with E-state index in [1.807, 2.05) is 42.5 Å². The van der Waals surface area contributed by atoms with Crippen LogP contribution < -0.4 is 22.9 Å². The predicted molar refractivity (Wildman–Crippen MR) is 176 cm³/mol. The Morgan fingerprint density at radius 1 is 0.477 bits per heavy atom. The van der Waals surface area contributed by atoms with Crippen LogP contribution in [0, 0.1) is 0 Å². The Morgan fingerprint density at radius 3 is 0.955 bits per heavy atom. The molecule has 2 aliphatic rings. The van der Waals surface area contributed by atoms with E-state index in [4.69, 9.17) is 0 Å². The smallest absolute Gasteiger partial charge is 0.240 e. The maximum absolute atomic E-state index is 9.47. The van der Waals surface area contributed by atoms with Gasteiger partial charge in [0.25, 0.3) is 0 Å². The molecule has 0 fully saturated rings. The van der Waals surface area contributed by atoms with Gasteiger partial charge in [0.2, 0.25) is 23.6 Å². The molecule has 0 radical (unpaired) electrons. The Hall–Kier alpha value is -6.56. The van der Waals surface area contributed by atoms with Gasteiger partial charge in [0.15, 0.2) is 0 Å². The number of carbonyl (C=O) groups excluding carboxylic acids is 4. The Bertz CT molecular complexity index is 1600. The minimum absolute atomic E-state index is 0.481. The third-order valence-electron chi connectivity index (χ3n) is 4.85. The highest BCUT2D eigenvalue weighted by molar-refractivity contribution is 5.86. The number of hydrogen-bond acceptors (Lipinski definition) is 6. The summed E-state index contributed by atoms with van der Waals surface area (Å²) in [5.74, 6) is -1.93. The molecule has 0 aliphatic carbocycles. The summed E-state index contributed by atoms with van der Waals surface area (Å²) in [6.07, 6.45) is 12.3. The molecule has 0 spiro atoms. The SMILES string of the molecule is C1=Cc2cc3ccc(cc4ccc(cc5nc(cc1n2)C=C5)[nH]4)[nH]3.C=CC(N)=O.C=CC(N)=O.C=CC(N)=O.C=CC(N)=O. The van der Waals surface area contributed by atoms with Crippen molar-refractivity contribution in [1.29, 1.82) is 0 Å². The van der Waals surface area contributed by atoms with Gasteiger partial charge >= 0.3 is 0 Å². The van der Waals surface area contributed by atoms with E-state index in [0.717, 1.165) is 69.1 Å². The fraction of sp³-hybridized carbons (Fsp3) is 0. The first-order valence-electron chi connectivity index (χ1n) is 12.6. The lowest BCUT2D eigenvalue weighted by Gasteiger charge is -1.86. The van der Waals surface area contributed by atoms with Crippen LogP contribution in [0.4, 0.5) is 0 Å². The zero-order valence-corrected chi connectivity index (χ0v) is 23.9. The maximum Gasteiger partial charge on any atom is 0.240 e. The summed E-state index contributed by atoms with van der Waals surface area (Å²) in [4.78, 5) is 53.9. The van der Waals surface area contributed by atoms with E-state index in [0.29, 0.717) is 0 Å². The number of nitrogens with two attached hydrogens (primary N) is 4. The zero-order chi connectivity index (χ0) is 33.1. The Kier molecular flexibility index (Phi) is 15.1. The maximum atomic E-state index is 9.47. The number of amides is 4. The van der Waals surface area contributed by atoms with Gasteiger partial charge in [0, 0.05) is 22.1 Å². The third kappa shape index (κ3) is 14.7. The van der Waals surface area contributed by atoms with Crippen molar-refractivity contribution >= 4 is 70.0 Å². The first-order chi connectivity index (χ1) is 20.9. The molecular weight excluding hydrogens is 560 g/mol. The summed E-state index contributed by atoms with van der Waals surface area (Å²) in [7, 11) is 0. The van der Waals surface area contributed by atoms with Gasteiger partial charge in [-0.25, -0.2) is 9.97 Å². The molecule has 0 aromatic carbocycles. The summed E-state index contributed by atoms with van der Waals surface area (Å²) >= 11 is 0. The monoisotopic (exact) mass is 594 g/mol. The van der Waals surface area contributed by atoms with E-state index in [1.54, 1.807) is 0 Å². The molecule has 12 heteroatoms. The predicted octanol–water partition coefficient (Wildman–Crippen LogP) is 3.29. The average molecular weight is 595 g/mol. The molecule has 0 saturated carbocycles. The number of H-pyrrole nitrogens is 2. The summed E-state index contributed by atoms with van der Waals surface area (Å²) in [5.41, 5.74) is 26.0. The van der Waals surface area contributed by atoms with E-state index < -0.39 is 23.6 Å². The first-order valence-corrected chi connectivity index (χ1v) is 12.6. The van der Waals surface area contributed by atoms with Crippen LogP contribution in [-0.2, 0) is 19.2 Å². The number of nitrogens with zero attached hydrogens (tertiary/aromatic N) is 2. The lowest BCUT2D eigenvalue weighted by molar-refractivity contribution is -0.114. The van der Waals surface area contributed by atoms with Crippen LogP contribution in [-0.4, -0.2) is 43.6 Å². The van der Waals surface area contributed by atoms with Gasteiger partial charge in [0.1, 0.15) is 0 Å². The van der Waals surface area contributed by atoms with Gasteiger partial charge in [-0.3, -0.25) is 19.2 Å². The van der Waals surface area contributed by atoms with Crippen molar-refractivity contribution in [1.82, 2.24) is 19.9 Å². The fourth-order valence-electron chi connectivity index (χ4n) is 2.94. The van der Waals surface area contributed by atoms with Crippen LogP contribution >= 0.6 is 0 Å². The average Bonchev–Trinajstić information content (AvgIpc) is 3.81. The standard InChI is InChI=1S/C20H14N4.4C3H5NO/c1-2-14-10-16-5-6-18(23-16)12-20-8-7-19(24-20)11-17-4-3-15(22-17)9-13(1)21-14;4*1-2-3(4)5/h1-12,21-22H;4*2H,1H2,(H2,4,5). The summed E-state index contributed by atoms with van der Waals surface area (Å²) in [6.45, 7) is 12.3. The number of aromatic nitrogens is 4. The Morgan fingerprint density at radius 2 is 0.705 bits per heavy atom. The number of hydrogen-bond donors (Lipinski definition) is 6. The number of rotatable bonds is 4. The first kappa shape index (κ1) is 35.5. The molecule has 10 N–H and O–H groups in total. The number of aromatic amines is 2. The van der Waals surface area contributed by atoms with Crippen LogP contribution in [0.3, 0.4) is 0 Å². The number of carbonyl (C=O) groups is 4. The minimum atomic E-state index is -0.481. The van der Waals surface area contributed by atoms with Crippen molar-refractivity contribution in [3.8, 4) is 0 Å². The molecule has 5 rings (SSSR count). The second-order valence-corrected chi connectivity index (χ2v) is 8.33. The molecule has 0 atom stereocenters. The van der Waals surface area contributed by atoms with Gasteiger partial charge in [-0.15, -0.1) is 0 Å². The number of primary amides is 4. The van der Waals surface area contributed by atoms with Crippen molar-refractivity contribution in [2.75, 3.05) is 0 Å². The molecule has 0 unspecified atom stereocenters. The van der Waals surface area contributed by atoms with E-state index in [9.17, 15) is 19.2 Å². The van der Waals surface area contributed by atoms with Gasteiger partial charge < -0.3 is 32.9 Å². The molecule has 5 heterocycles. The van der Waals surface area contributed by atoms with Gasteiger partial charge in [0.05, 0.1) is 22.8 Å². The highest BCUT2D eigenvalue weighted by Crippen LogP contribution is 2.17. The number of nitrogens with one attached hydrogen (secondary N) is 2. The molecular formula is C32H34N8O4. The minimum Gasteiger partial charge on any atom is -0.366 e. The Labute approximate surface area is 253 Å². The summed E-state index contributed by atoms with van der Waals surface area (Å²) < 4.78 is 0. The van der Waals surface area contributed by atoms with Crippen molar-refractivity contribution < 1.29 is 19.2 Å². The molecule has 12 nitrogen and oxygen atoms in total. The van der Waals surface area contributed by atoms with Gasteiger partial charge in [-0.1, -0.05) is 26.3 Å². The molecule has 2 aliphatic heterocycles. The molecule has 0 saturated heterocycles. The molecule has 3 aromatic heterocycles. The molecule has 8 bridgehead atoms. The van der Waals surface area contributed by atoms with E-state index in [1.165, 1.54) is 0 Å². The van der Waals surface area contributed by atoms with Crippen LogP contribution in [0.2, 0.25) is 0 Å². The van der Waals surface area contributed by atoms with Crippen molar-refractivity contribution in [3.63, 3.8) is 0 Å². The van der Waals surface area contributed by atoms with Crippen LogP contribution in [0.15, 0.2) is 99.2 Å². The van der Waals surface area contributed by atoms with Crippen molar-refractivity contribution in [3.05, 3.63) is 122 Å². The lowest BCUT2D eigenvalue weighted by Crippen LogP contribution is -2.04. The molecule has 44 heavy (non-hydrogen) atoms. The van der Waals surface area contributed by atoms with Gasteiger partial charge in [-0.05, 0) is 97.1 Å². The third-order valence-corrected chi connectivity index (χ3v) is 4.85. The Balaban J connectivity index is 0.000000398. The van der Waals surface area contributed by atoms with Crippen molar-refractivity contribution in [2.24, 2.45) is 22.9 Å². The number of fused-ring (bicyclic) bond motifs is 8. The van der Waals surface area contributed by atoms with Gasteiger partial charge in [-0.2, -0.15) is 0 Å². The van der Waals surface area contributed by atoms with Crippen LogP contribution in [0.25, 0.3) is 46.4 Å². The highest BCUT2D eigenvalue weighted by atomic mass is 16.2. The zero-order valence-electron chi connectivity index (χ0n) is 23.9. The van der Waals surface area contributed by atoms with E-state index in [2.05, 4.69) is 99.5 Å². The van der Waals surface area contributed by atoms with Crippen LogP contribution in [0.5, 0.6) is 0 Å². The summed E-state index contributed by atoms with van der Waals surface area (Å²) in [6, 6.07) is 16.4. The molecule has 226 valence electrons. The molecule has 4 amide bonds. The second kappa shape index (κ2) is 18.7. The van der Waals surface area contributed by atoms with E-state index >= 15 is 0 Å². The van der Waals surface area contributed by atoms with E-state index in [-0.39, 0.29) is 0 Å². The largest absolute Gasteiger partial charge is 0.366 e. The quantitative estimate of drug-likeness (QED) is 0.171. The fourth-order valence-corrected chi connectivity index (χ4v) is 2.94. The summed E-state index contributed by atoms with van der Waals surface area (Å²) in [5, 5.41) is 0.